The lowest BCUT2D eigenvalue weighted by Crippen LogP contribution is -2.45. The monoisotopic (exact) mass is 371 g/mol. The van der Waals surface area contributed by atoms with Gasteiger partial charge in [-0.25, -0.2) is 4.79 Å². The van der Waals surface area contributed by atoms with Gasteiger partial charge in [0.15, 0.2) is 0 Å². The Bertz CT molecular complexity index is 878. The van der Waals surface area contributed by atoms with Crippen LogP contribution in [0.1, 0.15) is 18.5 Å². The zero-order valence-electron chi connectivity index (χ0n) is 14.3. The minimum atomic E-state index is -0.592. The molecule has 3 amide bonds. The molecule has 2 aromatic rings. The summed E-state index contributed by atoms with van der Waals surface area (Å²) in [5.74, 6) is 0.329. The summed E-state index contributed by atoms with van der Waals surface area (Å²) in [6.45, 7) is 1.70. The third kappa shape index (κ3) is 3.81. The van der Waals surface area contributed by atoms with Crippen LogP contribution in [0.2, 0.25) is 5.02 Å². The Morgan fingerprint density at radius 1 is 1.19 bits per heavy atom. The van der Waals surface area contributed by atoms with Gasteiger partial charge in [-0.3, -0.25) is 4.79 Å². The van der Waals surface area contributed by atoms with Crippen LogP contribution in [0.4, 0.5) is 10.5 Å². The molecule has 0 spiro atoms. The second-order valence-corrected chi connectivity index (χ2v) is 6.24. The summed E-state index contributed by atoms with van der Waals surface area (Å²) in [6, 6.07) is 13.1. The highest BCUT2D eigenvalue weighted by atomic mass is 35.5. The summed E-state index contributed by atoms with van der Waals surface area (Å²) in [4.78, 5) is 24.8. The molecule has 6 nitrogen and oxygen atoms in total. The molecule has 0 saturated carbocycles. The average molecular weight is 372 g/mol. The number of hydrogen-bond acceptors (Lipinski definition) is 3. The summed E-state index contributed by atoms with van der Waals surface area (Å²) in [5, 5.41) is 8.86. The Morgan fingerprint density at radius 3 is 2.62 bits per heavy atom. The van der Waals surface area contributed by atoms with Crippen molar-refractivity contribution >= 4 is 29.2 Å². The molecule has 26 heavy (non-hydrogen) atoms. The van der Waals surface area contributed by atoms with Crippen molar-refractivity contribution in [2.75, 3.05) is 12.4 Å². The topological polar surface area (TPSA) is 79.5 Å². The number of methoxy groups -OCH3 is 1. The van der Waals surface area contributed by atoms with Crippen LogP contribution in [0, 0.1) is 0 Å². The number of nitrogens with one attached hydrogen (secondary N) is 3. The van der Waals surface area contributed by atoms with Crippen LogP contribution in [0.15, 0.2) is 59.8 Å². The maximum absolute atomic E-state index is 12.9. The molecule has 0 radical (unpaired) electrons. The van der Waals surface area contributed by atoms with Gasteiger partial charge in [0.1, 0.15) is 5.75 Å². The molecule has 1 atom stereocenters. The van der Waals surface area contributed by atoms with Gasteiger partial charge < -0.3 is 20.7 Å². The first-order valence-corrected chi connectivity index (χ1v) is 8.35. The van der Waals surface area contributed by atoms with Gasteiger partial charge >= 0.3 is 6.03 Å². The molecule has 0 unspecified atom stereocenters. The fourth-order valence-corrected chi connectivity index (χ4v) is 2.92. The van der Waals surface area contributed by atoms with Crippen LogP contribution in [0.5, 0.6) is 5.75 Å². The fraction of sp³-hybridized carbons (Fsp3) is 0.158. The first kappa shape index (κ1) is 17.8. The maximum Gasteiger partial charge on any atom is 0.319 e. The molecule has 0 aromatic heterocycles. The first-order valence-electron chi connectivity index (χ1n) is 7.97. The minimum absolute atomic E-state index is 0.315. The smallest absolute Gasteiger partial charge is 0.319 e. The van der Waals surface area contributed by atoms with E-state index in [1.165, 1.54) is 0 Å². The van der Waals surface area contributed by atoms with Gasteiger partial charge in [0, 0.05) is 16.4 Å². The van der Waals surface area contributed by atoms with Gasteiger partial charge in [0.05, 0.1) is 18.7 Å². The van der Waals surface area contributed by atoms with E-state index in [-0.39, 0.29) is 11.9 Å². The van der Waals surface area contributed by atoms with Crippen molar-refractivity contribution in [1.29, 1.82) is 0 Å². The zero-order chi connectivity index (χ0) is 18.7. The van der Waals surface area contributed by atoms with E-state index >= 15 is 0 Å². The van der Waals surface area contributed by atoms with Crippen molar-refractivity contribution in [2.24, 2.45) is 0 Å². The normalized spacial score (nSPS) is 16.6. The largest absolute Gasteiger partial charge is 0.497 e. The lowest BCUT2D eigenvalue weighted by Gasteiger charge is -2.28. The molecule has 1 aliphatic heterocycles. The highest BCUT2D eigenvalue weighted by Crippen LogP contribution is 2.29. The lowest BCUT2D eigenvalue weighted by atomic mass is 9.94. The minimum Gasteiger partial charge on any atom is -0.497 e. The number of anilines is 1. The highest BCUT2D eigenvalue weighted by molar-refractivity contribution is 6.30. The predicted octanol–water partition coefficient (Wildman–Crippen LogP) is 3.62. The van der Waals surface area contributed by atoms with E-state index in [9.17, 15) is 9.59 Å². The van der Waals surface area contributed by atoms with Crippen molar-refractivity contribution in [3.05, 3.63) is 70.4 Å². The standard InChI is InChI=1S/C19H18ClN3O3/c1-11-16(18(24)22-14-8-6-13(20)7-9-14)17(23-19(25)21-11)12-4-3-5-15(10-12)26-2/h3-10,17H,1-2H3,(H,22,24)(H2,21,23,25)/t17-/m1/s1. The number of carbonyl (C=O) groups is 2. The molecule has 1 aliphatic rings. The van der Waals surface area contributed by atoms with Crippen molar-refractivity contribution < 1.29 is 14.3 Å². The van der Waals surface area contributed by atoms with Gasteiger partial charge in [-0.2, -0.15) is 0 Å². The first-order chi connectivity index (χ1) is 12.5. The fourth-order valence-electron chi connectivity index (χ4n) is 2.80. The van der Waals surface area contributed by atoms with Crippen molar-refractivity contribution in [1.82, 2.24) is 10.6 Å². The molecule has 0 aliphatic carbocycles. The van der Waals surface area contributed by atoms with E-state index in [2.05, 4.69) is 16.0 Å². The second kappa shape index (κ2) is 7.49. The summed E-state index contributed by atoms with van der Waals surface area (Å²) in [7, 11) is 1.56. The number of ether oxygens (including phenoxy) is 1. The van der Waals surface area contributed by atoms with E-state index in [4.69, 9.17) is 16.3 Å². The number of halogens is 1. The molecule has 0 saturated heterocycles. The Balaban J connectivity index is 1.94. The molecule has 134 valence electrons. The molecule has 0 bridgehead atoms. The van der Waals surface area contributed by atoms with Crippen LogP contribution in [-0.2, 0) is 4.79 Å². The highest BCUT2D eigenvalue weighted by Gasteiger charge is 2.31. The van der Waals surface area contributed by atoms with E-state index in [0.717, 1.165) is 5.56 Å². The van der Waals surface area contributed by atoms with Crippen LogP contribution in [0.25, 0.3) is 0 Å². The molecular weight excluding hydrogens is 354 g/mol. The van der Waals surface area contributed by atoms with Gasteiger partial charge in [-0.1, -0.05) is 23.7 Å². The van der Waals surface area contributed by atoms with Gasteiger partial charge in [0.2, 0.25) is 0 Å². The lowest BCUT2D eigenvalue weighted by molar-refractivity contribution is -0.113. The number of allylic oxidation sites excluding steroid dienone is 1. The van der Waals surface area contributed by atoms with Crippen molar-refractivity contribution in [3.8, 4) is 5.75 Å². The van der Waals surface area contributed by atoms with Crippen molar-refractivity contribution in [3.63, 3.8) is 0 Å². The number of carbonyl (C=O) groups excluding carboxylic acids is 2. The van der Waals surface area contributed by atoms with E-state index in [0.29, 0.717) is 27.7 Å². The third-order valence-electron chi connectivity index (χ3n) is 4.04. The SMILES string of the molecule is COc1cccc([C@H]2NC(=O)NC(C)=C2C(=O)Nc2ccc(Cl)cc2)c1. The molecule has 1 heterocycles. The number of amides is 3. The Labute approximate surface area is 156 Å². The summed E-state index contributed by atoms with van der Waals surface area (Å²) in [5.41, 5.74) is 2.28. The molecule has 3 N–H and O–H groups in total. The Morgan fingerprint density at radius 2 is 1.92 bits per heavy atom. The van der Waals surface area contributed by atoms with Crippen LogP contribution in [0.3, 0.4) is 0 Å². The Kier molecular flexibility index (Phi) is 5.14. The molecule has 2 aromatic carbocycles. The number of hydrogen-bond donors (Lipinski definition) is 3. The van der Waals surface area contributed by atoms with Crippen LogP contribution < -0.4 is 20.7 Å². The second-order valence-electron chi connectivity index (χ2n) is 5.81. The molecular formula is C19H18ClN3O3. The van der Waals surface area contributed by atoms with E-state index in [1.54, 1.807) is 50.4 Å². The van der Waals surface area contributed by atoms with Crippen LogP contribution >= 0.6 is 11.6 Å². The Hall–Kier alpha value is -2.99. The van der Waals surface area contributed by atoms with Crippen LogP contribution in [-0.4, -0.2) is 19.0 Å². The maximum atomic E-state index is 12.9. The summed E-state index contributed by atoms with van der Waals surface area (Å²) < 4.78 is 5.24. The average Bonchev–Trinajstić information content (AvgIpc) is 2.63. The third-order valence-corrected chi connectivity index (χ3v) is 4.29. The van der Waals surface area contributed by atoms with Crippen molar-refractivity contribution in [2.45, 2.75) is 13.0 Å². The van der Waals surface area contributed by atoms with E-state index < -0.39 is 6.04 Å². The number of benzene rings is 2. The van der Waals surface area contributed by atoms with Gasteiger partial charge in [-0.05, 0) is 48.9 Å². The predicted molar refractivity (Wildman–Crippen MR) is 100 cm³/mol. The molecule has 7 heteroatoms. The number of urea groups is 1. The summed E-state index contributed by atoms with van der Waals surface area (Å²) >= 11 is 5.88. The number of rotatable bonds is 4. The zero-order valence-corrected chi connectivity index (χ0v) is 15.1. The molecule has 0 fully saturated rings. The molecule has 3 rings (SSSR count). The van der Waals surface area contributed by atoms with Gasteiger partial charge in [-0.15, -0.1) is 0 Å². The quantitative estimate of drug-likeness (QED) is 0.768. The van der Waals surface area contributed by atoms with E-state index in [1.807, 2.05) is 12.1 Å². The van der Waals surface area contributed by atoms with Gasteiger partial charge in [0.25, 0.3) is 5.91 Å². The summed E-state index contributed by atoms with van der Waals surface area (Å²) in [6.07, 6.45) is 0.